The Hall–Kier alpha value is -0.630. The number of hydrogen-bond donors (Lipinski definition) is 2. The number of nitrogens with zero attached hydrogens (tertiary/aromatic N) is 1. The van der Waals surface area contributed by atoms with Crippen LogP contribution in [-0.4, -0.2) is 46.1 Å². The number of carbonyl (C=O) groups is 2. The van der Waals surface area contributed by atoms with Gasteiger partial charge in [-0.15, -0.1) is 0 Å². The molecule has 1 atom stereocenters. The predicted molar refractivity (Wildman–Crippen MR) is 88.6 cm³/mol. The van der Waals surface area contributed by atoms with Crippen molar-refractivity contribution in [3.05, 3.63) is 26.7 Å². The Kier molecular flexibility index (Phi) is 5.65. The summed E-state index contributed by atoms with van der Waals surface area (Å²) in [6, 6.07) is 1.92. The van der Waals surface area contributed by atoms with E-state index in [0.717, 1.165) is 0 Å². The van der Waals surface area contributed by atoms with Gasteiger partial charge in [0.05, 0.1) is 15.7 Å². The summed E-state index contributed by atoms with van der Waals surface area (Å²) in [4.78, 5) is 24.8. The summed E-state index contributed by atoms with van der Waals surface area (Å²) in [6.45, 7) is 0.370. The second-order valence-electron chi connectivity index (χ2n) is 4.28. The molecule has 1 aromatic rings. The topological polar surface area (TPSA) is 69.6 Å². The van der Waals surface area contributed by atoms with Crippen molar-refractivity contribution in [2.45, 2.75) is 6.04 Å². The first-order valence-corrected chi connectivity index (χ1v) is 8.64. The van der Waals surface area contributed by atoms with Gasteiger partial charge < -0.3 is 15.3 Å². The molecular formula is C12H11BrCl2N2O3S. The van der Waals surface area contributed by atoms with Gasteiger partial charge in [0.25, 0.3) is 0 Å². The second kappa shape index (κ2) is 7.09. The zero-order valence-electron chi connectivity index (χ0n) is 10.6. The maximum atomic E-state index is 12.3. The molecule has 2 rings (SSSR count). The van der Waals surface area contributed by atoms with Crippen LogP contribution in [-0.2, 0) is 4.79 Å². The summed E-state index contributed by atoms with van der Waals surface area (Å²) in [7, 11) is 0. The van der Waals surface area contributed by atoms with Crippen LogP contribution < -0.4 is 5.32 Å². The van der Waals surface area contributed by atoms with E-state index in [4.69, 9.17) is 23.2 Å². The van der Waals surface area contributed by atoms with Crippen molar-refractivity contribution in [2.75, 3.05) is 23.4 Å². The number of carbonyl (C=O) groups excluding carboxylic acids is 1. The number of aliphatic carboxylic acids is 1. The molecule has 0 aromatic heterocycles. The number of carboxylic acid groups (broad SMARTS) is 1. The molecular weight excluding hydrogens is 403 g/mol. The third-order valence-electron chi connectivity index (χ3n) is 2.95. The average Bonchev–Trinajstić information content (AvgIpc) is 2.47. The van der Waals surface area contributed by atoms with E-state index >= 15 is 0 Å². The van der Waals surface area contributed by atoms with E-state index in [1.165, 1.54) is 16.7 Å². The minimum atomic E-state index is -1.02. The molecule has 1 aliphatic heterocycles. The quantitative estimate of drug-likeness (QED) is 0.723. The Morgan fingerprint density at radius 3 is 2.76 bits per heavy atom. The Morgan fingerprint density at radius 2 is 2.10 bits per heavy atom. The number of nitrogens with one attached hydrogen (secondary N) is 1. The van der Waals surface area contributed by atoms with Crippen LogP contribution in [0.2, 0.25) is 10.0 Å². The first kappa shape index (κ1) is 16.7. The highest BCUT2D eigenvalue weighted by Gasteiger charge is 2.32. The second-order valence-corrected chi connectivity index (χ2v) is 7.04. The largest absolute Gasteiger partial charge is 0.480 e. The summed E-state index contributed by atoms with van der Waals surface area (Å²) in [5.41, 5.74) is 0.345. The summed E-state index contributed by atoms with van der Waals surface area (Å²) in [5.74, 6) is 0.0566. The Balaban J connectivity index is 2.17. The molecule has 0 radical (unpaired) electrons. The molecule has 1 fully saturated rings. The van der Waals surface area contributed by atoms with Gasteiger partial charge in [-0.2, -0.15) is 11.8 Å². The van der Waals surface area contributed by atoms with E-state index in [1.807, 2.05) is 0 Å². The fourth-order valence-electron chi connectivity index (χ4n) is 1.86. The van der Waals surface area contributed by atoms with E-state index in [-0.39, 0.29) is 5.02 Å². The smallest absolute Gasteiger partial charge is 0.327 e. The van der Waals surface area contributed by atoms with Crippen molar-refractivity contribution in [3.8, 4) is 0 Å². The van der Waals surface area contributed by atoms with Gasteiger partial charge >= 0.3 is 12.0 Å². The van der Waals surface area contributed by atoms with E-state index in [9.17, 15) is 14.7 Å². The minimum Gasteiger partial charge on any atom is -0.480 e. The summed E-state index contributed by atoms with van der Waals surface area (Å²) in [6.07, 6.45) is 0. The average molecular weight is 414 g/mol. The number of halogens is 3. The first-order valence-electron chi connectivity index (χ1n) is 5.93. The van der Waals surface area contributed by atoms with Crippen molar-refractivity contribution in [2.24, 2.45) is 0 Å². The highest BCUT2D eigenvalue weighted by atomic mass is 79.9. The van der Waals surface area contributed by atoms with Crippen LogP contribution in [0.15, 0.2) is 16.6 Å². The molecule has 2 N–H and O–H groups in total. The molecule has 9 heteroatoms. The van der Waals surface area contributed by atoms with Gasteiger partial charge in [0, 0.05) is 22.5 Å². The maximum Gasteiger partial charge on any atom is 0.327 e. The highest BCUT2D eigenvalue weighted by Crippen LogP contribution is 2.36. The van der Waals surface area contributed by atoms with Crippen molar-refractivity contribution < 1.29 is 14.7 Å². The molecule has 0 saturated carbocycles. The predicted octanol–water partition coefficient (Wildman–Crippen LogP) is 3.79. The Bertz CT molecular complexity index is 588. The van der Waals surface area contributed by atoms with Crippen LogP contribution in [0.1, 0.15) is 0 Å². The van der Waals surface area contributed by atoms with Gasteiger partial charge in [-0.1, -0.05) is 23.2 Å². The van der Waals surface area contributed by atoms with Crippen LogP contribution in [0, 0.1) is 0 Å². The fourth-order valence-corrected chi connectivity index (χ4v) is 3.72. The highest BCUT2D eigenvalue weighted by molar-refractivity contribution is 9.10. The number of urea groups is 1. The molecule has 5 nitrogen and oxygen atoms in total. The lowest BCUT2D eigenvalue weighted by Crippen LogP contribution is -2.51. The molecule has 1 saturated heterocycles. The third kappa shape index (κ3) is 3.77. The zero-order chi connectivity index (χ0) is 15.6. The van der Waals surface area contributed by atoms with Crippen molar-refractivity contribution in [3.63, 3.8) is 0 Å². The van der Waals surface area contributed by atoms with E-state index in [0.29, 0.717) is 33.2 Å². The lowest BCUT2D eigenvalue weighted by atomic mass is 10.3. The Morgan fingerprint density at radius 1 is 1.38 bits per heavy atom. The maximum absolute atomic E-state index is 12.3. The number of thioether (sulfide) groups is 1. The van der Waals surface area contributed by atoms with Gasteiger partial charge in [0.2, 0.25) is 0 Å². The standard InChI is InChI=1S/C12H11BrCl2N2O3S/c13-6-1-2-7(10(15)9(6)14)16-12(20)17-3-4-21-5-8(17)11(18)19/h1-2,8H,3-5H2,(H,16,20)(H,18,19). The lowest BCUT2D eigenvalue weighted by Gasteiger charge is -2.32. The first-order chi connectivity index (χ1) is 9.91. The van der Waals surface area contributed by atoms with Gasteiger partial charge in [0.15, 0.2) is 0 Å². The molecule has 0 spiro atoms. The van der Waals surface area contributed by atoms with Crippen LogP contribution in [0.25, 0.3) is 0 Å². The zero-order valence-corrected chi connectivity index (χ0v) is 14.5. The van der Waals surface area contributed by atoms with Crippen LogP contribution in [0.4, 0.5) is 10.5 Å². The number of benzene rings is 1. The third-order valence-corrected chi connectivity index (χ3v) is 5.74. The number of rotatable bonds is 2. The molecule has 1 aliphatic rings. The normalized spacial score (nSPS) is 18.4. The van der Waals surface area contributed by atoms with E-state index in [1.54, 1.807) is 12.1 Å². The summed E-state index contributed by atoms with van der Waals surface area (Å²) >= 11 is 16.8. The minimum absolute atomic E-state index is 0.206. The van der Waals surface area contributed by atoms with Crippen molar-refractivity contribution >= 4 is 68.6 Å². The lowest BCUT2D eigenvalue weighted by molar-refractivity contribution is -0.141. The monoisotopic (exact) mass is 412 g/mol. The number of carboxylic acids is 1. The van der Waals surface area contributed by atoms with Gasteiger partial charge in [0.1, 0.15) is 6.04 Å². The molecule has 0 bridgehead atoms. The van der Waals surface area contributed by atoms with E-state index in [2.05, 4.69) is 21.2 Å². The van der Waals surface area contributed by atoms with E-state index < -0.39 is 18.0 Å². The van der Waals surface area contributed by atoms with Crippen LogP contribution in [0.5, 0.6) is 0 Å². The molecule has 0 aliphatic carbocycles. The van der Waals surface area contributed by atoms with Gasteiger partial charge in [-0.3, -0.25) is 0 Å². The summed E-state index contributed by atoms with van der Waals surface area (Å²) < 4.78 is 0.616. The molecule has 114 valence electrons. The number of amides is 2. The molecule has 2 amide bonds. The van der Waals surface area contributed by atoms with Gasteiger partial charge in [-0.25, -0.2) is 9.59 Å². The molecule has 1 heterocycles. The van der Waals surface area contributed by atoms with Gasteiger partial charge in [-0.05, 0) is 28.1 Å². The Labute approximate surface area is 144 Å². The van der Waals surface area contributed by atoms with Crippen molar-refractivity contribution in [1.82, 2.24) is 4.90 Å². The molecule has 21 heavy (non-hydrogen) atoms. The van der Waals surface area contributed by atoms with Crippen molar-refractivity contribution in [1.29, 1.82) is 0 Å². The van der Waals surface area contributed by atoms with Crippen LogP contribution in [0.3, 0.4) is 0 Å². The summed E-state index contributed by atoms with van der Waals surface area (Å²) in [5, 5.41) is 12.3. The number of hydrogen-bond acceptors (Lipinski definition) is 3. The van der Waals surface area contributed by atoms with Crippen LogP contribution >= 0.6 is 50.9 Å². The SMILES string of the molecule is O=C(O)C1CSCCN1C(=O)Nc1ccc(Br)c(Cl)c1Cl. The molecule has 1 unspecified atom stereocenters. The number of anilines is 1. The fraction of sp³-hybridized carbons (Fsp3) is 0.333. The molecule has 1 aromatic carbocycles.